The Hall–Kier alpha value is -2.12. The molecule has 8 heteroatoms. The SMILES string of the molecule is Cc1ccc2c(c1)CC(C)CN2c1nc(C)c(NC(=O)SCCCC2CCC(=O)C2)c(Cl)n1. The van der Waals surface area contributed by atoms with Crippen LogP contribution in [0.1, 0.15) is 55.8 Å². The van der Waals surface area contributed by atoms with Gasteiger partial charge in [0, 0.05) is 30.8 Å². The van der Waals surface area contributed by atoms with Gasteiger partial charge in [0.15, 0.2) is 5.15 Å². The number of Topliss-reactive ketones (excluding diaryl/α,β-unsaturated/α-hetero) is 1. The number of benzene rings is 1. The van der Waals surface area contributed by atoms with Gasteiger partial charge in [-0.05, 0) is 63.0 Å². The summed E-state index contributed by atoms with van der Waals surface area (Å²) in [5.74, 6) is 2.61. The zero-order valence-corrected chi connectivity index (χ0v) is 21.1. The number of carbonyl (C=O) groups is 2. The summed E-state index contributed by atoms with van der Waals surface area (Å²) in [6.45, 7) is 6.99. The molecule has 1 saturated carbocycles. The molecule has 6 nitrogen and oxygen atoms in total. The minimum atomic E-state index is -0.161. The molecule has 1 aromatic carbocycles. The van der Waals surface area contributed by atoms with E-state index >= 15 is 0 Å². The second-order valence-electron chi connectivity index (χ2n) is 9.38. The summed E-state index contributed by atoms with van der Waals surface area (Å²) in [5, 5.41) is 2.97. The van der Waals surface area contributed by atoms with E-state index < -0.39 is 0 Å². The summed E-state index contributed by atoms with van der Waals surface area (Å²) in [5.41, 5.74) is 4.77. The van der Waals surface area contributed by atoms with E-state index in [9.17, 15) is 9.59 Å². The van der Waals surface area contributed by atoms with Crippen LogP contribution in [0, 0.1) is 25.7 Å². The number of aryl methyl sites for hydroxylation is 2. The number of halogens is 1. The molecule has 33 heavy (non-hydrogen) atoms. The summed E-state index contributed by atoms with van der Waals surface area (Å²) >= 11 is 7.75. The fourth-order valence-electron chi connectivity index (χ4n) is 4.78. The summed E-state index contributed by atoms with van der Waals surface area (Å²) in [7, 11) is 0. The molecule has 1 aliphatic heterocycles. The van der Waals surface area contributed by atoms with Crippen LogP contribution in [0.15, 0.2) is 18.2 Å². The van der Waals surface area contributed by atoms with Gasteiger partial charge in [-0.1, -0.05) is 48.0 Å². The third-order valence-corrected chi connectivity index (χ3v) is 7.56. The molecular formula is C25H31ClN4O2S. The van der Waals surface area contributed by atoms with Crippen molar-refractivity contribution in [3.8, 4) is 0 Å². The smallest absolute Gasteiger partial charge is 0.283 e. The van der Waals surface area contributed by atoms with Gasteiger partial charge >= 0.3 is 0 Å². The minimum absolute atomic E-state index is 0.161. The zero-order valence-electron chi connectivity index (χ0n) is 19.5. The van der Waals surface area contributed by atoms with E-state index in [1.54, 1.807) is 0 Å². The van der Waals surface area contributed by atoms with Crippen molar-refractivity contribution >= 4 is 51.7 Å². The molecule has 0 bridgehead atoms. The number of amides is 1. The first-order valence-corrected chi connectivity index (χ1v) is 13.0. The average Bonchev–Trinajstić information content (AvgIpc) is 3.17. The first-order valence-electron chi connectivity index (χ1n) is 11.7. The number of anilines is 3. The first-order chi connectivity index (χ1) is 15.8. The van der Waals surface area contributed by atoms with Gasteiger partial charge in [0.25, 0.3) is 5.24 Å². The fraction of sp³-hybridized carbons (Fsp3) is 0.520. The van der Waals surface area contributed by atoms with Gasteiger partial charge in [0.2, 0.25) is 5.95 Å². The number of ketones is 1. The number of nitrogens with one attached hydrogen (secondary N) is 1. The highest BCUT2D eigenvalue weighted by atomic mass is 35.5. The molecule has 2 unspecified atom stereocenters. The maximum atomic E-state index is 12.5. The number of hydrogen-bond acceptors (Lipinski definition) is 6. The van der Waals surface area contributed by atoms with Crippen LogP contribution in [0.25, 0.3) is 0 Å². The molecule has 2 aromatic rings. The van der Waals surface area contributed by atoms with E-state index in [1.807, 2.05) is 6.92 Å². The molecule has 1 N–H and O–H groups in total. The molecule has 1 aliphatic carbocycles. The van der Waals surface area contributed by atoms with Gasteiger partial charge in [-0.15, -0.1) is 0 Å². The van der Waals surface area contributed by atoms with Crippen LogP contribution in [0.3, 0.4) is 0 Å². The van der Waals surface area contributed by atoms with E-state index in [4.69, 9.17) is 16.6 Å². The average molecular weight is 487 g/mol. The van der Waals surface area contributed by atoms with Crippen molar-refractivity contribution in [3.63, 3.8) is 0 Å². The summed E-state index contributed by atoms with van der Waals surface area (Å²) < 4.78 is 0. The van der Waals surface area contributed by atoms with Crippen LogP contribution in [-0.4, -0.2) is 33.3 Å². The van der Waals surface area contributed by atoms with E-state index in [2.05, 4.69) is 47.2 Å². The van der Waals surface area contributed by atoms with Gasteiger partial charge in [-0.25, -0.2) is 4.98 Å². The van der Waals surface area contributed by atoms with Gasteiger partial charge < -0.3 is 10.2 Å². The van der Waals surface area contributed by atoms with Crippen molar-refractivity contribution in [1.82, 2.24) is 9.97 Å². The van der Waals surface area contributed by atoms with E-state index in [1.165, 1.54) is 22.9 Å². The molecule has 176 valence electrons. The van der Waals surface area contributed by atoms with E-state index in [0.717, 1.165) is 37.9 Å². The van der Waals surface area contributed by atoms with E-state index in [-0.39, 0.29) is 10.4 Å². The molecule has 2 aliphatic rings. The molecule has 2 heterocycles. The highest BCUT2D eigenvalue weighted by Gasteiger charge is 2.26. The van der Waals surface area contributed by atoms with Gasteiger partial charge in [0.05, 0.1) is 5.69 Å². The van der Waals surface area contributed by atoms with Crippen LogP contribution in [-0.2, 0) is 11.2 Å². The highest BCUT2D eigenvalue weighted by molar-refractivity contribution is 8.13. The lowest BCUT2D eigenvalue weighted by Crippen LogP contribution is -2.32. The maximum Gasteiger partial charge on any atom is 0.283 e. The third kappa shape index (κ3) is 5.87. The molecular weight excluding hydrogens is 456 g/mol. The van der Waals surface area contributed by atoms with Crippen molar-refractivity contribution in [2.45, 2.75) is 59.3 Å². The molecule has 0 spiro atoms. The minimum Gasteiger partial charge on any atom is -0.313 e. The van der Waals surface area contributed by atoms with Crippen molar-refractivity contribution in [1.29, 1.82) is 0 Å². The van der Waals surface area contributed by atoms with Crippen LogP contribution < -0.4 is 10.2 Å². The summed E-state index contributed by atoms with van der Waals surface area (Å²) in [4.78, 5) is 35.2. The van der Waals surface area contributed by atoms with Crippen LogP contribution in [0.2, 0.25) is 5.15 Å². The molecule has 0 radical (unpaired) electrons. The predicted molar refractivity (Wildman–Crippen MR) is 136 cm³/mol. The molecule has 2 atom stereocenters. The second-order valence-corrected chi connectivity index (χ2v) is 10.8. The number of hydrogen-bond donors (Lipinski definition) is 1. The standard InChI is InChI=1S/C25H31ClN4O2S/c1-15-6-9-21-19(11-15)12-16(2)14-30(21)24-27-17(3)22(23(26)29-24)28-25(32)33-10-4-5-18-7-8-20(31)13-18/h6,9,11,16,18H,4-5,7-8,10,12-14H2,1-3H3,(H,28,32). The van der Waals surface area contributed by atoms with Crippen LogP contribution in [0.4, 0.5) is 22.1 Å². The first kappa shape index (κ1) is 24.0. The number of carbonyl (C=O) groups excluding carboxylic acids is 2. The predicted octanol–water partition coefficient (Wildman–Crippen LogP) is 6.49. The topological polar surface area (TPSA) is 75.2 Å². The highest BCUT2D eigenvalue weighted by Crippen LogP contribution is 2.36. The largest absolute Gasteiger partial charge is 0.313 e. The van der Waals surface area contributed by atoms with Crippen molar-refractivity contribution in [2.24, 2.45) is 11.8 Å². The number of thioether (sulfide) groups is 1. The number of aromatic nitrogens is 2. The second kappa shape index (κ2) is 10.4. The van der Waals surface area contributed by atoms with Crippen molar-refractivity contribution in [3.05, 3.63) is 40.2 Å². The van der Waals surface area contributed by atoms with Crippen molar-refractivity contribution in [2.75, 3.05) is 22.5 Å². The lowest BCUT2D eigenvalue weighted by Gasteiger charge is -2.33. The zero-order chi connectivity index (χ0) is 23.5. The molecule has 1 aromatic heterocycles. The Morgan fingerprint density at radius 3 is 2.82 bits per heavy atom. The third-order valence-electron chi connectivity index (χ3n) is 6.43. The van der Waals surface area contributed by atoms with Crippen LogP contribution >= 0.6 is 23.4 Å². The molecule has 1 fully saturated rings. The quantitative estimate of drug-likeness (QED) is 0.371. The summed E-state index contributed by atoms with van der Waals surface area (Å²) in [6.07, 6.45) is 5.36. The lowest BCUT2D eigenvalue weighted by molar-refractivity contribution is -0.117. The molecule has 0 saturated heterocycles. The van der Waals surface area contributed by atoms with Gasteiger partial charge in [-0.3, -0.25) is 9.59 Å². The van der Waals surface area contributed by atoms with Crippen molar-refractivity contribution < 1.29 is 9.59 Å². The normalized spacial score (nSPS) is 20.1. The Kier molecular flexibility index (Phi) is 7.59. The number of fused-ring (bicyclic) bond motifs is 1. The summed E-state index contributed by atoms with van der Waals surface area (Å²) in [6, 6.07) is 6.45. The Morgan fingerprint density at radius 1 is 1.27 bits per heavy atom. The molecule has 4 rings (SSSR count). The lowest BCUT2D eigenvalue weighted by atomic mass is 9.93. The Labute approximate surface area is 204 Å². The number of nitrogens with zero attached hydrogens (tertiary/aromatic N) is 3. The van der Waals surface area contributed by atoms with Gasteiger partial charge in [-0.2, -0.15) is 4.98 Å². The Bertz CT molecular complexity index is 1040. The monoisotopic (exact) mass is 486 g/mol. The fourth-order valence-corrected chi connectivity index (χ4v) is 5.71. The number of rotatable bonds is 6. The van der Waals surface area contributed by atoms with Gasteiger partial charge in [0.1, 0.15) is 11.5 Å². The Balaban J connectivity index is 1.39. The maximum absolute atomic E-state index is 12.5. The van der Waals surface area contributed by atoms with E-state index in [0.29, 0.717) is 53.5 Å². The van der Waals surface area contributed by atoms with Crippen LogP contribution in [0.5, 0.6) is 0 Å². The Morgan fingerprint density at radius 2 is 2.09 bits per heavy atom. The molecule has 1 amide bonds.